The van der Waals surface area contributed by atoms with Gasteiger partial charge in [0.25, 0.3) is 5.91 Å². The molecule has 12 N–H and O–H groups in total. The van der Waals surface area contributed by atoms with Gasteiger partial charge in [-0.05, 0) is 93.6 Å². The maximum atomic E-state index is 13.4. The maximum absolute atomic E-state index is 13.4. The van der Waals surface area contributed by atoms with Gasteiger partial charge in [-0.1, -0.05) is 66.2 Å². The minimum atomic E-state index is -1.55. The van der Waals surface area contributed by atoms with E-state index in [1.807, 2.05) is 42.5 Å². The van der Waals surface area contributed by atoms with Gasteiger partial charge in [0, 0.05) is 10.6 Å². The average molecular weight is 851 g/mol. The van der Waals surface area contributed by atoms with Crippen molar-refractivity contribution in [2.45, 2.75) is 94.8 Å². The van der Waals surface area contributed by atoms with Crippen molar-refractivity contribution in [3.8, 4) is 11.1 Å². The molecule has 8 atom stereocenters. The number of unbranched alkanes of at least 4 members (excludes halogenated alkanes) is 1. The first-order chi connectivity index (χ1) is 28.7. The Labute approximate surface area is 353 Å². The third kappa shape index (κ3) is 14.5. The molecule has 0 aromatic heterocycles. The highest BCUT2D eigenvalue weighted by Crippen LogP contribution is 2.25. The van der Waals surface area contributed by atoms with Crippen LogP contribution >= 0.6 is 11.6 Å². The lowest BCUT2D eigenvalue weighted by atomic mass is 10.0. The topological polar surface area (TPSA) is 283 Å². The zero-order valence-electron chi connectivity index (χ0n) is 33.6. The van der Waals surface area contributed by atoms with Gasteiger partial charge in [-0.2, -0.15) is 0 Å². The van der Waals surface area contributed by atoms with Gasteiger partial charge >= 0.3 is 0 Å². The highest BCUT2D eigenvalue weighted by molar-refractivity contribution is 6.30. The molecule has 0 saturated carbocycles. The molecular formula is C42H55ClN8O9. The summed E-state index contributed by atoms with van der Waals surface area (Å²) in [6.07, 6.45) is -3.12. The molecule has 1 heterocycles. The zero-order chi connectivity index (χ0) is 43.8. The number of aliphatic hydroxyl groups excluding tert-OH is 1. The van der Waals surface area contributed by atoms with Crippen molar-refractivity contribution in [2.24, 2.45) is 17.2 Å². The fourth-order valence-corrected chi connectivity index (χ4v) is 6.23. The van der Waals surface area contributed by atoms with E-state index in [4.69, 9.17) is 38.3 Å². The number of amides is 5. The van der Waals surface area contributed by atoms with Crippen LogP contribution in [0, 0.1) is 0 Å². The van der Waals surface area contributed by atoms with Gasteiger partial charge in [-0.15, -0.1) is 0 Å². The van der Waals surface area contributed by atoms with Crippen molar-refractivity contribution in [1.29, 1.82) is 0 Å². The molecule has 1 saturated heterocycles. The summed E-state index contributed by atoms with van der Waals surface area (Å²) in [5.41, 5.74) is 20.4. The Balaban J connectivity index is 1.29. The summed E-state index contributed by atoms with van der Waals surface area (Å²) >= 11 is 5.98. The predicted molar refractivity (Wildman–Crippen MR) is 224 cm³/mol. The van der Waals surface area contributed by atoms with E-state index >= 15 is 0 Å². The molecule has 1 aliphatic rings. The maximum Gasteiger partial charge on any atom is 0.251 e. The van der Waals surface area contributed by atoms with Crippen LogP contribution in [0.3, 0.4) is 0 Å². The van der Waals surface area contributed by atoms with Crippen molar-refractivity contribution in [1.82, 2.24) is 26.6 Å². The summed E-state index contributed by atoms with van der Waals surface area (Å²) in [6, 6.07) is 18.2. The minimum absolute atomic E-state index is 0.00762. The summed E-state index contributed by atoms with van der Waals surface area (Å²) in [4.78, 5) is 79.4. The fourth-order valence-electron chi connectivity index (χ4n) is 6.11. The van der Waals surface area contributed by atoms with Crippen molar-refractivity contribution in [3.05, 3.63) is 95.0 Å². The van der Waals surface area contributed by atoms with Crippen molar-refractivity contribution >= 4 is 46.9 Å². The Morgan fingerprint density at radius 3 is 1.97 bits per heavy atom. The van der Waals surface area contributed by atoms with E-state index in [-0.39, 0.29) is 31.6 Å². The first kappa shape index (κ1) is 47.4. The molecule has 1 aliphatic heterocycles. The number of ketones is 1. The number of hydrogen-bond donors (Lipinski definition) is 9. The number of ether oxygens (including phenoxy) is 2. The first-order valence-corrected chi connectivity index (χ1v) is 20.1. The standard InChI is InChI=1S/C42H55ClN8O9/c1-24(38(54)48-31(10-6-7-20-44)41(57)51-37(46)35(53)36-33(60-36)23-59-22-26-8-4-3-5-9-26)47-42(58)34(25(2)52)50-40(56)32(19-21-45)49-39(55)29-13-11-27(12-14-29)28-15-17-30(43)18-16-28/h3-5,8-9,11-18,24-25,31-34,36-37,52H,6-7,10,19-23,44-46H2,1-2H3,(H,47,58)(H,48,54)(H,49,55)(H,50,56)(H,51,57)/t24-,25+,31-,32-,33?,34-,36?,37+/m0/s1. The molecule has 1 fully saturated rings. The van der Waals surface area contributed by atoms with E-state index in [1.54, 1.807) is 36.4 Å². The van der Waals surface area contributed by atoms with Crippen molar-refractivity contribution in [3.63, 3.8) is 0 Å². The third-order valence-electron chi connectivity index (χ3n) is 9.66. The van der Waals surface area contributed by atoms with Gasteiger partial charge in [0.2, 0.25) is 29.4 Å². The van der Waals surface area contributed by atoms with Crippen LogP contribution in [0.5, 0.6) is 0 Å². The number of hydrogen-bond acceptors (Lipinski definition) is 12. The molecule has 324 valence electrons. The predicted octanol–water partition coefficient (Wildman–Crippen LogP) is 0.393. The molecule has 2 unspecified atom stereocenters. The van der Waals surface area contributed by atoms with Crippen LogP contribution in [0.1, 0.15) is 55.5 Å². The second-order valence-corrected chi connectivity index (χ2v) is 14.9. The summed E-state index contributed by atoms with van der Waals surface area (Å²) in [6.45, 7) is 3.44. The molecule has 18 heteroatoms. The second-order valence-electron chi connectivity index (χ2n) is 14.5. The largest absolute Gasteiger partial charge is 0.391 e. The third-order valence-corrected chi connectivity index (χ3v) is 9.91. The van der Waals surface area contributed by atoms with E-state index in [1.165, 1.54) is 13.8 Å². The van der Waals surface area contributed by atoms with Crippen LogP contribution in [0.15, 0.2) is 78.9 Å². The number of carbonyl (C=O) groups excluding carboxylic acids is 6. The van der Waals surface area contributed by atoms with Crippen LogP contribution in [0.25, 0.3) is 11.1 Å². The molecule has 17 nitrogen and oxygen atoms in total. The Kier molecular flexibility index (Phi) is 18.6. The Bertz CT molecular complexity index is 1900. The smallest absolute Gasteiger partial charge is 0.251 e. The Morgan fingerprint density at radius 1 is 0.733 bits per heavy atom. The number of benzene rings is 3. The number of aliphatic hydroxyl groups is 1. The number of Topliss-reactive ketones (excluding diaryl/α,β-unsaturated/α-hetero) is 1. The highest BCUT2D eigenvalue weighted by atomic mass is 35.5. The molecule has 3 aromatic rings. The molecule has 5 amide bonds. The quantitative estimate of drug-likeness (QED) is 0.0337. The number of rotatable bonds is 24. The van der Waals surface area contributed by atoms with Gasteiger partial charge in [-0.3, -0.25) is 28.8 Å². The monoisotopic (exact) mass is 850 g/mol. The first-order valence-electron chi connectivity index (χ1n) is 19.7. The van der Waals surface area contributed by atoms with E-state index in [9.17, 15) is 33.9 Å². The van der Waals surface area contributed by atoms with Crippen LogP contribution < -0.4 is 43.8 Å². The van der Waals surface area contributed by atoms with Gasteiger partial charge in [0.05, 0.1) is 19.3 Å². The molecule has 60 heavy (non-hydrogen) atoms. The lowest BCUT2D eigenvalue weighted by molar-refractivity contribution is -0.135. The number of halogens is 1. The zero-order valence-corrected chi connectivity index (χ0v) is 34.4. The van der Waals surface area contributed by atoms with E-state index in [2.05, 4.69) is 26.6 Å². The summed E-state index contributed by atoms with van der Waals surface area (Å²) in [5.74, 6) is -4.36. The average Bonchev–Trinajstić information content (AvgIpc) is 4.01. The van der Waals surface area contributed by atoms with Crippen molar-refractivity contribution in [2.75, 3.05) is 19.7 Å². The normalized spacial score (nSPS) is 17.4. The number of epoxide rings is 1. The molecule has 4 rings (SSSR count). The minimum Gasteiger partial charge on any atom is -0.391 e. The van der Waals surface area contributed by atoms with Crippen molar-refractivity contribution < 1.29 is 43.3 Å². The molecule has 0 aliphatic carbocycles. The Hall–Kier alpha value is -5.27. The summed E-state index contributed by atoms with van der Waals surface area (Å²) in [5, 5.41) is 23.6. The molecular weight excluding hydrogens is 796 g/mol. The van der Waals surface area contributed by atoms with Gasteiger partial charge in [0.15, 0.2) is 0 Å². The SMILES string of the molecule is C[C@H](NC(=O)[C@@H](NC(=O)[C@H](CCN)NC(=O)c1ccc(-c2ccc(Cl)cc2)cc1)[C@@H](C)O)C(=O)N[C@@H](CCCCN)C(=O)N[C@@H](N)C(=O)C1OC1COCc1ccccc1. The van der Waals surface area contributed by atoms with E-state index in [0.29, 0.717) is 31.0 Å². The summed E-state index contributed by atoms with van der Waals surface area (Å²) < 4.78 is 11.1. The van der Waals surface area contributed by atoms with Gasteiger partial charge < -0.3 is 58.4 Å². The lowest BCUT2D eigenvalue weighted by Crippen LogP contribution is -2.61. The van der Waals surface area contributed by atoms with Crippen LogP contribution in [0.2, 0.25) is 5.02 Å². The number of nitrogens with one attached hydrogen (secondary N) is 5. The van der Waals surface area contributed by atoms with Crippen LogP contribution in [-0.2, 0) is 40.1 Å². The fraction of sp³-hybridized carbons (Fsp3) is 0.429. The molecule has 0 spiro atoms. The Morgan fingerprint density at radius 2 is 1.35 bits per heavy atom. The second kappa shape index (κ2) is 23.5. The van der Waals surface area contributed by atoms with E-state index < -0.39 is 84.0 Å². The van der Waals surface area contributed by atoms with Gasteiger partial charge in [-0.25, -0.2) is 0 Å². The highest BCUT2D eigenvalue weighted by Gasteiger charge is 2.47. The number of nitrogens with two attached hydrogens (primary N) is 3. The van der Waals surface area contributed by atoms with Crippen LogP contribution in [-0.4, -0.2) is 109 Å². The molecule has 0 radical (unpaired) electrons. The van der Waals surface area contributed by atoms with Gasteiger partial charge in [0.1, 0.15) is 42.5 Å². The summed E-state index contributed by atoms with van der Waals surface area (Å²) in [7, 11) is 0. The molecule has 0 bridgehead atoms. The van der Waals surface area contributed by atoms with E-state index in [0.717, 1.165) is 16.7 Å². The number of carbonyl (C=O) groups is 6. The van der Waals surface area contributed by atoms with Crippen LogP contribution in [0.4, 0.5) is 0 Å². The molecule has 3 aromatic carbocycles. The lowest BCUT2D eigenvalue weighted by Gasteiger charge is -2.26.